The van der Waals surface area contributed by atoms with Crippen molar-refractivity contribution >= 4 is 15.5 Å². The van der Waals surface area contributed by atoms with Gasteiger partial charge in [0.05, 0.1) is 23.7 Å². The number of anilines is 1. The fourth-order valence-electron chi connectivity index (χ4n) is 7.69. The van der Waals surface area contributed by atoms with E-state index < -0.39 is 9.84 Å². The second-order valence-electron chi connectivity index (χ2n) is 14.4. The summed E-state index contributed by atoms with van der Waals surface area (Å²) in [6.45, 7) is 14.2. The van der Waals surface area contributed by atoms with Gasteiger partial charge in [-0.15, -0.1) is 0 Å². The summed E-state index contributed by atoms with van der Waals surface area (Å²) in [5.41, 5.74) is 5.45. The van der Waals surface area contributed by atoms with Gasteiger partial charge in [-0.25, -0.2) is 8.42 Å². The number of hydrogen-bond donors (Lipinski definition) is 1. The van der Waals surface area contributed by atoms with Crippen molar-refractivity contribution in [2.45, 2.75) is 89.7 Å². The molecule has 1 fully saturated rings. The van der Waals surface area contributed by atoms with Crippen LogP contribution in [0.15, 0.2) is 71.6 Å². The van der Waals surface area contributed by atoms with Crippen molar-refractivity contribution in [1.82, 2.24) is 4.90 Å². The van der Waals surface area contributed by atoms with E-state index in [0.717, 1.165) is 80.6 Å². The molecule has 5 rings (SSSR count). The average Bonchev–Trinajstić information content (AvgIpc) is 3.18. The minimum atomic E-state index is -3.44. The van der Waals surface area contributed by atoms with Crippen LogP contribution in [-0.4, -0.2) is 65.9 Å². The predicted molar refractivity (Wildman–Crippen MR) is 194 cm³/mol. The van der Waals surface area contributed by atoms with Crippen molar-refractivity contribution in [3.8, 4) is 5.75 Å². The zero-order valence-electron chi connectivity index (χ0n) is 29.6. The lowest BCUT2D eigenvalue weighted by molar-refractivity contribution is -0.918. The predicted octanol–water partition coefficient (Wildman–Crippen LogP) is 6.73. The van der Waals surface area contributed by atoms with Gasteiger partial charge in [0.15, 0.2) is 9.84 Å². The first kappa shape index (κ1) is 35.4. The minimum Gasteiger partial charge on any atom is -0.489 e. The Hall–Kier alpha value is -2.87. The van der Waals surface area contributed by atoms with Crippen LogP contribution in [0.2, 0.25) is 0 Å². The van der Waals surface area contributed by atoms with Gasteiger partial charge in [0, 0.05) is 44.4 Å². The van der Waals surface area contributed by atoms with Gasteiger partial charge in [-0.05, 0) is 78.2 Å². The molecule has 0 unspecified atom stereocenters. The maximum absolute atomic E-state index is 14.1. The summed E-state index contributed by atoms with van der Waals surface area (Å²) in [6, 6.07) is 23.3. The summed E-state index contributed by atoms with van der Waals surface area (Å²) in [7, 11) is 0.596. The Morgan fingerprint density at radius 2 is 1.51 bits per heavy atom. The Labute approximate surface area is 285 Å². The summed E-state index contributed by atoms with van der Waals surface area (Å²) in [5.74, 6) is 1.08. The Morgan fingerprint density at radius 3 is 2.11 bits per heavy atom. The molecule has 256 valence electrons. The number of hydrogen-bond acceptors (Lipinski definition) is 5. The van der Waals surface area contributed by atoms with E-state index >= 15 is 0 Å². The number of unbranched alkanes of at least 4 members (excludes halogenated alkanes) is 2. The van der Waals surface area contributed by atoms with E-state index in [1.165, 1.54) is 37.3 Å². The maximum Gasteiger partial charge on any atom is 0.179 e. The Kier molecular flexibility index (Phi) is 12.1. The highest BCUT2D eigenvalue weighted by Gasteiger charge is 2.43. The van der Waals surface area contributed by atoms with E-state index in [2.05, 4.69) is 85.2 Å². The molecule has 0 amide bonds. The first-order valence-electron chi connectivity index (χ1n) is 18.1. The highest BCUT2D eigenvalue weighted by molar-refractivity contribution is 7.91. The van der Waals surface area contributed by atoms with Crippen LogP contribution in [-0.2, 0) is 23.0 Å². The lowest BCUT2D eigenvalue weighted by Gasteiger charge is -2.35. The van der Waals surface area contributed by atoms with Crippen LogP contribution in [0.4, 0.5) is 5.69 Å². The second-order valence-corrected chi connectivity index (χ2v) is 16.3. The van der Waals surface area contributed by atoms with Crippen molar-refractivity contribution < 1.29 is 18.1 Å². The van der Waals surface area contributed by atoms with E-state index in [-0.39, 0.29) is 17.1 Å². The van der Waals surface area contributed by atoms with E-state index in [1.54, 1.807) is 4.90 Å². The number of benzene rings is 3. The number of quaternary nitrogens is 1. The molecular weight excluding hydrogens is 603 g/mol. The zero-order valence-corrected chi connectivity index (χ0v) is 30.4. The Balaban J connectivity index is 1.33. The van der Waals surface area contributed by atoms with E-state index in [4.69, 9.17) is 4.74 Å². The van der Waals surface area contributed by atoms with Gasteiger partial charge >= 0.3 is 0 Å². The van der Waals surface area contributed by atoms with Crippen molar-refractivity contribution in [2.24, 2.45) is 5.41 Å². The first-order chi connectivity index (χ1) is 22.6. The number of sulfone groups is 1. The zero-order chi connectivity index (χ0) is 33.4. The van der Waals surface area contributed by atoms with Crippen LogP contribution >= 0.6 is 0 Å². The quantitative estimate of drug-likeness (QED) is 0.208. The van der Waals surface area contributed by atoms with Gasteiger partial charge in [0.2, 0.25) is 0 Å². The van der Waals surface area contributed by atoms with Crippen LogP contribution in [0.1, 0.15) is 93.9 Å². The van der Waals surface area contributed by atoms with E-state index in [1.807, 2.05) is 26.2 Å². The van der Waals surface area contributed by atoms with Gasteiger partial charge in [-0.3, -0.25) is 4.90 Å². The smallest absolute Gasteiger partial charge is 0.179 e. The molecule has 0 bridgehead atoms. The van der Waals surface area contributed by atoms with E-state index in [9.17, 15) is 8.42 Å². The summed E-state index contributed by atoms with van der Waals surface area (Å²) in [6.07, 6.45) is 6.99. The Morgan fingerprint density at radius 1 is 0.872 bits per heavy atom. The number of likely N-dealkylation sites (N-methyl/N-ethyl adjacent to an activating group) is 1. The third kappa shape index (κ3) is 8.98. The molecule has 47 heavy (non-hydrogen) atoms. The fraction of sp³-hybridized carbons (Fsp3) is 0.550. The summed E-state index contributed by atoms with van der Waals surface area (Å²) in [5, 5.41) is 0. The van der Waals surface area contributed by atoms with E-state index in [0.29, 0.717) is 11.5 Å². The number of ether oxygens (including phenoxy) is 1. The third-order valence-corrected chi connectivity index (χ3v) is 12.7. The minimum absolute atomic E-state index is 0.00422. The van der Waals surface area contributed by atoms with Crippen molar-refractivity contribution in [3.63, 3.8) is 0 Å². The molecule has 1 atom stereocenters. The monoisotopic (exact) mass is 660 g/mol. The van der Waals surface area contributed by atoms with Crippen molar-refractivity contribution in [2.75, 3.05) is 57.5 Å². The van der Waals surface area contributed by atoms with Gasteiger partial charge in [0.25, 0.3) is 0 Å². The molecule has 0 aliphatic carbocycles. The summed E-state index contributed by atoms with van der Waals surface area (Å²) in [4.78, 5) is 6.77. The van der Waals surface area contributed by atoms with Gasteiger partial charge < -0.3 is 14.5 Å². The number of piperazine rings is 1. The molecular formula is C40H58N3O3S+. The number of rotatable bonds is 14. The number of nitrogens with one attached hydrogen (secondary N) is 1. The molecule has 3 aromatic rings. The SMILES string of the molecule is CCCCC1(CCCC)C[C@H](c2ccc(OCc3ccc(C[NH+]4CCN(CC)CC4)cc3)cc2)c2cc(N(C)C)ccc2S(=O)(=O)C1. The molecule has 2 heterocycles. The lowest BCUT2D eigenvalue weighted by Crippen LogP contribution is -3.13. The van der Waals surface area contributed by atoms with Crippen LogP contribution in [0.5, 0.6) is 5.75 Å². The van der Waals surface area contributed by atoms with Crippen LogP contribution in [0.3, 0.4) is 0 Å². The van der Waals surface area contributed by atoms with Crippen LogP contribution in [0.25, 0.3) is 0 Å². The first-order valence-corrected chi connectivity index (χ1v) is 19.7. The summed E-state index contributed by atoms with van der Waals surface area (Å²) < 4.78 is 34.4. The molecule has 1 N–H and O–H groups in total. The molecule has 0 spiro atoms. The molecule has 0 aromatic heterocycles. The van der Waals surface area contributed by atoms with Gasteiger partial charge in [-0.2, -0.15) is 0 Å². The normalized spacial score (nSPS) is 19.6. The number of nitrogens with zero attached hydrogens (tertiary/aromatic N) is 2. The highest BCUT2D eigenvalue weighted by Crippen LogP contribution is 2.50. The Bertz CT molecular complexity index is 1520. The van der Waals surface area contributed by atoms with Gasteiger partial charge in [-0.1, -0.05) is 82.9 Å². The molecule has 1 saturated heterocycles. The van der Waals surface area contributed by atoms with Crippen molar-refractivity contribution in [3.05, 3.63) is 89.0 Å². The fourth-order valence-corrected chi connectivity index (χ4v) is 9.90. The van der Waals surface area contributed by atoms with Crippen LogP contribution < -0.4 is 14.5 Å². The molecule has 6 nitrogen and oxygen atoms in total. The average molecular weight is 661 g/mol. The summed E-state index contributed by atoms with van der Waals surface area (Å²) >= 11 is 0. The molecule has 2 aliphatic rings. The lowest BCUT2D eigenvalue weighted by atomic mass is 9.70. The standard InChI is InChI=1S/C40H57N3O3S/c1-6-9-21-40(22-10-7-2)28-38(37-27-35(41(4)5)17-20-39(37)47(44,45)31-40)34-15-18-36(19-16-34)46-30-33-13-11-32(12-14-33)29-43-25-23-42(8-3)24-26-43/h11-20,27,38H,6-10,21-26,28-31H2,1-5H3/p+1/t38-/m1/s1. The second kappa shape index (κ2) is 16.0. The molecule has 0 radical (unpaired) electrons. The molecule has 0 saturated carbocycles. The molecule has 3 aromatic carbocycles. The van der Waals surface area contributed by atoms with Crippen molar-refractivity contribution in [1.29, 1.82) is 0 Å². The van der Waals surface area contributed by atoms with Crippen LogP contribution in [0, 0.1) is 5.41 Å². The largest absolute Gasteiger partial charge is 0.489 e. The molecule has 2 aliphatic heterocycles. The highest BCUT2D eigenvalue weighted by atomic mass is 32.2. The topological polar surface area (TPSA) is 54.3 Å². The van der Waals surface area contributed by atoms with Gasteiger partial charge in [0.1, 0.15) is 18.9 Å². The third-order valence-electron chi connectivity index (χ3n) is 10.7. The maximum atomic E-state index is 14.1. The molecule has 7 heteroatoms. The number of fused-ring (bicyclic) bond motifs is 1.